The summed E-state index contributed by atoms with van der Waals surface area (Å²) in [6.45, 7) is 2.28. The predicted octanol–water partition coefficient (Wildman–Crippen LogP) is 5.84. The van der Waals surface area contributed by atoms with Gasteiger partial charge in [0.1, 0.15) is 0 Å². The van der Waals surface area contributed by atoms with Crippen LogP contribution in [0.25, 0.3) is 0 Å². The lowest BCUT2D eigenvalue weighted by Crippen LogP contribution is -2.09. The van der Waals surface area contributed by atoms with E-state index in [0.717, 1.165) is 6.42 Å². The van der Waals surface area contributed by atoms with Crippen molar-refractivity contribution in [2.75, 3.05) is 0 Å². The fraction of sp³-hybridized carbons (Fsp3) is 1.00. The highest BCUT2D eigenvalue weighted by atomic mass is 28.3. The topological polar surface area (TPSA) is 40.5 Å². The van der Waals surface area contributed by atoms with E-state index in [1.54, 1.807) is 0 Å². The lowest BCUT2D eigenvalue weighted by atomic mass is 10.0. The van der Waals surface area contributed by atoms with E-state index in [-0.39, 0.29) is 0 Å². The summed E-state index contributed by atoms with van der Waals surface area (Å²) in [7, 11) is -2.27. The van der Waals surface area contributed by atoms with Crippen LogP contribution in [0.3, 0.4) is 0 Å². The summed E-state index contributed by atoms with van der Waals surface area (Å²) in [5.41, 5.74) is 0. The standard InChI is InChI=1S/C19H42O2Si/c1-2-3-4-5-6-7-8-9-10-11-12-13-14-15-16-17-18-19-22(20)21/h20-22H,2-19H2,1H3. The summed E-state index contributed by atoms with van der Waals surface area (Å²) < 4.78 is 0. The minimum atomic E-state index is -2.27. The zero-order valence-electron chi connectivity index (χ0n) is 15.2. The molecule has 0 aliphatic heterocycles. The first-order valence-corrected chi connectivity index (χ1v) is 12.0. The van der Waals surface area contributed by atoms with Crippen LogP contribution in [0.1, 0.15) is 116 Å². The fourth-order valence-electron chi connectivity index (χ4n) is 3.05. The molecular weight excluding hydrogens is 288 g/mol. The van der Waals surface area contributed by atoms with E-state index in [0.29, 0.717) is 6.04 Å². The molecule has 0 heterocycles. The summed E-state index contributed by atoms with van der Waals surface area (Å²) in [5, 5.41) is 0. The maximum Gasteiger partial charge on any atom is 0.315 e. The van der Waals surface area contributed by atoms with Gasteiger partial charge in [-0.3, -0.25) is 0 Å². The molecule has 0 amide bonds. The Morgan fingerprint density at radius 2 is 0.727 bits per heavy atom. The van der Waals surface area contributed by atoms with Gasteiger partial charge < -0.3 is 9.59 Å². The summed E-state index contributed by atoms with van der Waals surface area (Å²) in [6.07, 6.45) is 23.3. The Kier molecular flexibility index (Phi) is 19.3. The second kappa shape index (κ2) is 19.2. The van der Waals surface area contributed by atoms with Crippen molar-refractivity contribution < 1.29 is 9.59 Å². The monoisotopic (exact) mass is 330 g/mol. The zero-order valence-corrected chi connectivity index (χ0v) is 16.4. The fourth-order valence-corrected chi connectivity index (χ4v) is 3.71. The third-order valence-electron chi connectivity index (χ3n) is 4.57. The Bertz CT molecular complexity index is 198. The Morgan fingerprint density at radius 1 is 0.455 bits per heavy atom. The Morgan fingerprint density at radius 3 is 1.00 bits per heavy atom. The van der Waals surface area contributed by atoms with Crippen molar-refractivity contribution in [3.63, 3.8) is 0 Å². The van der Waals surface area contributed by atoms with Gasteiger partial charge in [0, 0.05) is 0 Å². The van der Waals surface area contributed by atoms with Crippen LogP contribution in [0.5, 0.6) is 0 Å². The van der Waals surface area contributed by atoms with Crippen LogP contribution in [0.4, 0.5) is 0 Å². The van der Waals surface area contributed by atoms with Gasteiger partial charge in [0.05, 0.1) is 0 Å². The van der Waals surface area contributed by atoms with Crippen molar-refractivity contribution in [1.29, 1.82) is 0 Å². The lowest BCUT2D eigenvalue weighted by Gasteiger charge is -2.04. The molecule has 0 radical (unpaired) electrons. The van der Waals surface area contributed by atoms with Gasteiger partial charge in [0.15, 0.2) is 0 Å². The molecular formula is C19H42O2Si. The molecule has 0 aromatic heterocycles. The lowest BCUT2D eigenvalue weighted by molar-refractivity contribution is 0.401. The number of hydrogen-bond donors (Lipinski definition) is 2. The van der Waals surface area contributed by atoms with Crippen LogP contribution >= 0.6 is 0 Å². The van der Waals surface area contributed by atoms with Gasteiger partial charge in [-0.1, -0.05) is 116 Å². The first-order valence-electron chi connectivity index (χ1n) is 10.1. The van der Waals surface area contributed by atoms with Gasteiger partial charge >= 0.3 is 9.28 Å². The minimum Gasteiger partial charge on any atom is -0.413 e. The smallest absolute Gasteiger partial charge is 0.315 e. The van der Waals surface area contributed by atoms with Gasteiger partial charge in [-0.05, 0) is 6.04 Å². The van der Waals surface area contributed by atoms with Gasteiger partial charge in [-0.25, -0.2) is 0 Å². The van der Waals surface area contributed by atoms with E-state index in [1.165, 1.54) is 103 Å². The van der Waals surface area contributed by atoms with E-state index < -0.39 is 9.28 Å². The van der Waals surface area contributed by atoms with E-state index in [2.05, 4.69) is 6.92 Å². The normalized spacial score (nSPS) is 11.5. The van der Waals surface area contributed by atoms with Crippen molar-refractivity contribution in [1.82, 2.24) is 0 Å². The molecule has 134 valence electrons. The van der Waals surface area contributed by atoms with Crippen LogP contribution in [0, 0.1) is 0 Å². The molecule has 0 saturated heterocycles. The summed E-state index contributed by atoms with van der Waals surface area (Å²) in [4.78, 5) is 17.7. The third-order valence-corrected chi connectivity index (χ3v) is 5.49. The van der Waals surface area contributed by atoms with E-state index in [1.807, 2.05) is 0 Å². The summed E-state index contributed by atoms with van der Waals surface area (Å²) >= 11 is 0. The van der Waals surface area contributed by atoms with Crippen molar-refractivity contribution in [3.8, 4) is 0 Å². The van der Waals surface area contributed by atoms with E-state index >= 15 is 0 Å². The van der Waals surface area contributed by atoms with Crippen LogP contribution in [-0.4, -0.2) is 18.9 Å². The molecule has 0 spiro atoms. The molecule has 0 fully saturated rings. The molecule has 22 heavy (non-hydrogen) atoms. The second-order valence-electron chi connectivity index (χ2n) is 6.93. The predicted molar refractivity (Wildman–Crippen MR) is 101 cm³/mol. The average Bonchev–Trinajstić information content (AvgIpc) is 2.50. The maximum atomic E-state index is 8.87. The highest BCUT2D eigenvalue weighted by molar-refractivity contribution is 6.40. The van der Waals surface area contributed by atoms with Crippen LogP contribution in [0.15, 0.2) is 0 Å². The summed E-state index contributed by atoms with van der Waals surface area (Å²) in [5.74, 6) is 0. The highest BCUT2D eigenvalue weighted by Gasteiger charge is 2.00. The van der Waals surface area contributed by atoms with Crippen molar-refractivity contribution >= 4 is 9.28 Å². The van der Waals surface area contributed by atoms with Gasteiger partial charge in [0.2, 0.25) is 0 Å². The highest BCUT2D eigenvalue weighted by Crippen LogP contribution is 2.14. The minimum absolute atomic E-state index is 0.679. The molecule has 0 unspecified atom stereocenters. The van der Waals surface area contributed by atoms with Gasteiger partial charge in [0.25, 0.3) is 0 Å². The molecule has 0 atom stereocenters. The largest absolute Gasteiger partial charge is 0.413 e. The van der Waals surface area contributed by atoms with Crippen molar-refractivity contribution in [3.05, 3.63) is 0 Å². The molecule has 0 bridgehead atoms. The molecule has 2 nitrogen and oxygen atoms in total. The third kappa shape index (κ3) is 20.1. The number of hydrogen-bond acceptors (Lipinski definition) is 2. The number of rotatable bonds is 18. The van der Waals surface area contributed by atoms with Crippen LogP contribution < -0.4 is 0 Å². The Labute approximate surface area is 141 Å². The molecule has 0 aliphatic rings. The number of unbranched alkanes of at least 4 members (excludes halogenated alkanes) is 16. The Hall–Kier alpha value is 0.137. The molecule has 0 aromatic rings. The molecule has 0 aromatic carbocycles. The molecule has 0 rings (SSSR count). The average molecular weight is 331 g/mol. The zero-order chi connectivity index (χ0) is 16.3. The van der Waals surface area contributed by atoms with Crippen molar-refractivity contribution in [2.45, 2.75) is 122 Å². The van der Waals surface area contributed by atoms with Gasteiger partial charge in [-0.2, -0.15) is 0 Å². The first kappa shape index (κ1) is 22.1. The van der Waals surface area contributed by atoms with Crippen LogP contribution in [-0.2, 0) is 0 Å². The van der Waals surface area contributed by atoms with E-state index in [9.17, 15) is 0 Å². The van der Waals surface area contributed by atoms with Crippen molar-refractivity contribution in [2.24, 2.45) is 0 Å². The molecule has 0 saturated carbocycles. The summed E-state index contributed by atoms with van der Waals surface area (Å²) in [6, 6.07) is 0.679. The second-order valence-corrected chi connectivity index (χ2v) is 8.46. The van der Waals surface area contributed by atoms with E-state index in [4.69, 9.17) is 9.59 Å². The quantitative estimate of drug-likeness (QED) is 0.245. The SMILES string of the molecule is CCCCCCCCCCCCCCCCCCC[SiH](O)O. The van der Waals surface area contributed by atoms with Crippen LogP contribution in [0.2, 0.25) is 6.04 Å². The maximum absolute atomic E-state index is 8.87. The Balaban J connectivity index is 2.94. The molecule has 0 aliphatic carbocycles. The molecule has 2 N–H and O–H groups in total. The van der Waals surface area contributed by atoms with Gasteiger partial charge in [-0.15, -0.1) is 0 Å². The first-order chi connectivity index (χ1) is 10.8. The molecule has 3 heteroatoms.